The number of hydrogen-bond donors (Lipinski definition) is 0. The van der Waals surface area contributed by atoms with Crippen LogP contribution < -0.4 is 0 Å². The molecule has 0 fully saturated rings. The van der Waals surface area contributed by atoms with E-state index in [1.165, 1.54) is 6.92 Å². The van der Waals surface area contributed by atoms with Gasteiger partial charge in [0.05, 0.1) is 4.83 Å². The molecule has 0 bridgehead atoms. The molecular formula is C11H10BrF3O. The van der Waals surface area contributed by atoms with Gasteiger partial charge in [0, 0.05) is 12.0 Å². The van der Waals surface area contributed by atoms with Crippen molar-refractivity contribution in [3.8, 4) is 0 Å². The van der Waals surface area contributed by atoms with Crippen molar-refractivity contribution >= 4 is 21.7 Å². The van der Waals surface area contributed by atoms with Gasteiger partial charge in [-0.2, -0.15) is 0 Å². The SMILES string of the molecule is CC(=O)C(Br)C(C)c1cc(F)c(F)cc1F. The normalized spacial score (nSPS) is 14.6. The fraction of sp³-hybridized carbons (Fsp3) is 0.364. The Hall–Kier alpha value is -0.840. The molecule has 0 aliphatic carbocycles. The van der Waals surface area contributed by atoms with E-state index >= 15 is 0 Å². The highest BCUT2D eigenvalue weighted by atomic mass is 79.9. The third-order valence-corrected chi connectivity index (χ3v) is 3.80. The molecule has 0 amide bonds. The zero-order chi connectivity index (χ0) is 12.5. The lowest BCUT2D eigenvalue weighted by atomic mass is 9.95. The summed E-state index contributed by atoms with van der Waals surface area (Å²) in [6.07, 6.45) is 0. The molecule has 0 radical (unpaired) electrons. The zero-order valence-electron chi connectivity index (χ0n) is 8.73. The summed E-state index contributed by atoms with van der Waals surface area (Å²) >= 11 is 3.09. The third kappa shape index (κ3) is 2.64. The zero-order valence-corrected chi connectivity index (χ0v) is 10.3. The first kappa shape index (κ1) is 13.2. The highest BCUT2D eigenvalue weighted by molar-refractivity contribution is 9.10. The number of carbonyl (C=O) groups is 1. The molecule has 1 nitrogen and oxygen atoms in total. The molecule has 0 spiro atoms. The maximum absolute atomic E-state index is 13.4. The minimum atomic E-state index is -1.23. The average molecular weight is 295 g/mol. The predicted octanol–water partition coefficient (Wildman–Crippen LogP) is 3.56. The first-order valence-corrected chi connectivity index (χ1v) is 5.55. The highest BCUT2D eigenvalue weighted by Gasteiger charge is 2.24. The van der Waals surface area contributed by atoms with Gasteiger partial charge in [-0.05, 0) is 18.6 Å². The van der Waals surface area contributed by atoms with Gasteiger partial charge in [0.2, 0.25) is 0 Å². The second kappa shape index (κ2) is 4.99. The van der Waals surface area contributed by atoms with Crippen LogP contribution in [0, 0.1) is 17.5 Å². The summed E-state index contributed by atoms with van der Waals surface area (Å²) in [4.78, 5) is 10.5. The van der Waals surface area contributed by atoms with Gasteiger partial charge in [-0.3, -0.25) is 4.79 Å². The van der Waals surface area contributed by atoms with Crippen LogP contribution in [0.4, 0.5) is 13.2 Å². The lowest BCUT2D eigenvalue weighted by molar-refractivity contribution is -0.116. The van der Waals surface area contributed by atoms with Crippen LogP contribution in [0.15, 0.2) is 12.1 Å². The number of alkyl halides is 1. The fourth-order valence-corrected chi connectivity index (χ4v) is 1.68. The van der Waals surface area contributed by atoms with Crippen LogP contribution in [0.3, 0.4) is 0 Å². The van der Waals surface area contributed by atoms with Crippen LogP contribution in [0.25, 0.3) is 0 Å². The molecule has 0 aliphatic heterocycles. The van der Waals surface area contributed by atoms with Crippen LogP contribution >= 0.6 is 15.9 Å². The van der Waals surface area contributed by atoms with E-state index in [0.29, 0.717) is 6.07 Å². The van der Waals surface area contributed by atoms with Crippen molar-refractivity contribution in [2.45, 2.75) is 24.6 Å². The molecule has 0 saturated carbocycles. The molecule has 0 saturated heterocycles. The Morgan fingerprint density at radius 2 is 1.69 bits per heavy atom. The average Bonchev–Trinajstić information content (AvgIpc) is 2.21. The molecular weight excluding hydrogens is 285 g/mol. The fourth-order valence-electron chi connectivity index (χ4n) is 1.40. The second-order valence-electron chi connectivity index (χ2n) is 3.59. The molecule has 1 aromatic carbocycles. The predicted molar refractivity (Wildman–Crippen MR) is 58.1 cm³/mol. The molecule has 2 atom stereocenters. The van der Waals surface area contributed by atoms with Crippen LogP contribution in [0.2, 0.25) is 0 Å². The van der Waals surface area contributed by atoms with E-state index in [1.54, 1.807) is 6.92 Å². The highest BCUT2D eigenvalue weighted by Crippen LogP contribution is 2.28. The molecule has 88 valence electrons. The summed E-state index contributed by atoms with van der Waals surface area (Å²) < 4.78 is 39.0. The van der Waals surface area contributed by atoms with Crippen molar-refractivity contribution in [1.29, 1.82) is 0 Å². The molecule has 1 rings (SSSR count). The second-order valence-corrected chi connectivity index (χ2v) is 4.58. The Morgan fingerprint density at radius 3 is 2.19 bits per heavy atom. The minimum absolute atomic E-state index is 0.0176. The number of carbonyl (C=O) groups excluding carboxylic acids is 1. The van der Waals surface area contributed by atoms with E-state index in [1.807, 2.05) is 0 Å². The molecule has 0 aromatic heterocycles. The number of rotatable bonds is 3. The minimum Gasteiger partial charge on any atom is -0.299 e. The van der Waals surface area contributed by atoms with Crippen molar-refractivity contribution in [1.82, 2.24) is 0 Å². The number of benzene rings is 1. The van der Waals surface area contributed by atoms with Gasteiger partial charge in [-0.15, -0.1) is 0 Å². The van der Waals surface area contributed by atoms with Crippen molar-refractivity contribution in [2.24, 2.45) is 0 Å². The number of Topliss-reactive ketones (excluding diaryl/α,β-unsaturated/α-hetero) is 1. The lowest BCUT2D eigenvalue weighted by Crippen LogP contribution is -2.19. The summed E-state index contributed by atoms with van der Waals surface area (Å²) in [6, 6.07) is 1.27. The van der Waals surface area contributed by atoms with E-state index in [4.69, 9.17) is 0 Å². The largest absolute Gasteiger partial charge is 0.299 e. The topological polar surface area (TPSA) is 17.1 Å². The van der Waals surface area contributed by atoms with E-state index in [-0.39, 0.29) is 11.3 Å². The monoisotopic (exact) mass is 294 g/mol. The van der Waals surface area contributed by atoms with Gasteiger partial charge in [0.15, 0.2) is 11.6 Å². The van der Waals surface area contributed by atoms with Crippen molar-refractivity contribution in [3.05, 3.63) is 35.1 Å². The number of hydrogen-bond acceptors (Lipinski definition) is 1. The summed E-state index contributed by atoms with van der Waals surface area (Å²) in [7, 11) is 0. The van der Waals surface area contributed by atoms with Gasteiger partial charge >= 0.3 is 0 Å². The Morgan fingerprint density at radius 1 is 1.19 bits per heavy atom. The third-order valence-electron chi connectivity index (χ3n) is 2.36. The van der Waals surface area contributed by atoms with Gasteiger partial charge in [0.1, 0.15) is 11.6 Å². The Balaban J connectivity index is 3.13. The van der Waals surface area contributed by atoms with E-state index < -0.39 is 28.2 Å². The smallest absolute Gasteiger partial charge is 0.161 e. The van der Waals surface area contributed by atoms with Crippen LogP contribution in [0.5, 0.6) is 0 Å². The summed E-state index contributed by atoms with van der Waals surface area (Å²) in [5.41, 5.74) is -0.0176. The molecule has 16 heavy (non-hydrogen) atoms. The van der Waals surface area contributed by atoms with Crippen LogP contribution in [-0.2, 0) is 4.79 Å². The summed E-state index contributed by atoms with van der Waals surface area (Å²) in [6.45, 7) is 2.91. The quantitative estimate of drug-likeness (QED) is 0.615. The lowest BCUT2D eigenvalue weighted by Gasteiger charge is -2.17. The van der Waals surface area contributed by atoms with Crippen molar-refractivity contribution in [3.63, 3.8) is 0 Å². The van der Waals surface area contributed by atoms with Gasteiger partial charge in [-0.1, -0.05) is 22.9 Å². The van der Waals surface area contributed by atoms with E-state index in [9.17, 15) is 18.0 Å². The molecule has 5 heteroatoms. The Labute approximate surface area is 99.8 Å². The number of ketones is 1. The molecule has 0 N–H and O–H groups in total. The first-order valence-electron chi connectivity index (χ1n) is 4.63. The van der Waals surface area contributed by atoms with Crippen LogP contribution in [-0.4, -0.2) is 10.6 Å². The van der Waals surface area contributed by atoms with Crippen LogP contribution in [0.1, 0.15) is 25.3 Å². The maximum Gasteiger partial charge on any atom is 0.161 e. The van der Waals surface area contributed by atoms with Gasteiger partial charge < -0.3 is 0 Å². The van der Waals surface area contributed by atoms with E-state index in [2.05, 4.69) is 15.9 Å². The molecule has 0 heterocycles. The molecule has 2 unspecified atom stereocenters. The summed E-state index contributed by atoms with van der Waals surface area (Å²) in [5, 5.41) is 0. The van der Waals surface area contributed by atoms with Crippen molar-refractivity contribution in [2.75, 3.05) is 0 Å². The van der Waals surface area contributed by atoms with Crippen molar-refractivity contribution < 1.29 is 18.0 Å². The first-order chi connectivity index (χ1) is 7.34. The number of halogens is 4. The molecule has 1 aromatic rings. The maximum atomic E-state index is 13.4. The van der Waals surface area contributed by atoms with E-state index in [0.717, 1.165) is 6.07 Å². The van der Waals surface area contributed by atoms with Gasteiger partial charge in [-0.25, -0.2) is 13.2 Å². The van der Waals surface area contributed by atoms with Gasteiger partial charge in [0.25, 0.3) is 0 Å². The Kier molecular flexibility index (Phi) is 4.13. The standard InChI is InChI=1S/C11H10BrF3O/c1-5(11(12)6(2)16)7-3-9(14)10(15)4-8(7)13/h3-5,11H,1-2H3. The molecule has 0 aliphatic rings. The Bertz CT molecular complexity index is 420. The summed E-state index contributed by atoms with van der Waals surface area (Å²) in [5.74, 6) is -3.96.